The third kappa shape index (κ3) is 2.85. The lowest BCUT2D eigenvalue weighted by atomic mass is 9.85. The predicted molar refractivity (Wildman–Crippen MR) is 134 cm³/mol. The van der Waals surface area contributed by atoms with Gasteiger partial charge in [0.2, 0.25) is 0 Å². The summed E-state index contributed by atoms with van der Waals surface area (Å²) < 4.78 is 0. The predicted octanol–water partition coefficient (Wildman–Crippen LogP) is 7.45. The molecule has 0 saturated carbocycles. The maximum Gasteiger partial charge on any atom is 0.0979 e. The Kier molecular flexibility index (Phi) is 4.03. The van der Waals surface area contributed by atoms with Crippen LogP contribution in [0.25, 0.3) is 54.7 Å². The zero-order chi connectivity index (χ0) is 21.9. The van der Waals surface area contributed by atoms with Crippen molar-refractivity contribution in [3.63, 3.8) is 0 Å². The van der Waals surface area contributed by atoms with Crippen LogP contribution < -0.4 is 0 Å². The first-order valence-corrected chi connectivity index (χ1v) is 11.0. The number of pyridine rings is 3. The van der Waals surface area contributed by atoms with Gasteiger partial charge in [0.15, 0.2) is 0 Å². The van der Waals surface area contributed by atoms with Crippen molar-refractivity contribution in [2.75, 3.05) is 0 Å². The second kappa shape index (κ2) is 6.83. The Bertz CT molecular complexity index is 1550. The second-order valence-electron chi connectivity index (χ2n) is 9.39. The Morgan fingerprint density at radius 3 is 1.59 bits per heavy atom. The number of fused-ring (bicyclic) bond motifs is 6. The molecule has 0 atom stereocenters. The highest BCUT2D eigenvalue weighted by Crippen LogP contribution is 2.39. The van der Waals surface area contributed by atoms with E-state index in [2.05, 4.69) is 81.4 Å². The molecular formula is C29H23N3. The number of nitrogens with zero attached hydrogens (tertiary/aromatic N) is 3. The summed E-state index contributed by atoms with van der Waals surface area (Å²) in [6.07, 6.45) is 3.68. The van der Waals surface area contributed by atoms with Gasteiger partial charge in [0.05, 0.1) is 22.1 Å². The van der Waals surface area contributed by atoms with Crippen LogP contribution in [0, 0.1) is 0 Å². The van der Waals surface area contributed by atoms with Crippen LogP contribution in [0.3, 0.4) is 0 Å². The highest BCUT2D eigenvalue weighted by Gasteiger charge is 2.18. The minimum absolute atomic E-state index is 0.112. The van der Waals surface area contributed by atoms with Gasteiger partial charge in [-0.1, -0.05) is 81.4 Å². The van der Waals surface area contributed by atoms with Gasteiger partial charge in [0, 0.05) is 39.5 Å². The Morgan fingerprint density at radius 1 is 0.562 bits per heavy atom. The van der Waals surface area contributed by atoms with Gasteiger partial charge in [0.25, 0.3) is 0 Å². The number of rotatable bonds is 1. The topological polar surface area (TPSA) is 38.7 Å². The standard InChI is InChI=1S/C29H23N3/c1-29(2,3)21-12-8-18(9-13-21)24-22-14-10-19-6-4-16-30-25(19)27(22)32-28-23(24)15-11-20-7-5-17-31-26(20)28/h4-17H,1-3H3. The van der Waals surface area contributed by atoms with Crippen LogP contribution >= 0.6 is 0 Å². The lowest BCUT2D eigenvalue weighted by Crippen LogP contribution is -2.10. The summed E-state index contributed by atoms with van der Waals surface area (Å²) in [6, 6.07) is 25.7. The van der Waals surface area contributed by atoms with Crippen LogP contribution in [0.2, 0.25) is 0 Å². The number of hydrogen-bond donors (Lipinski definition) is 0. The SMILES string of the molecule is CC(C)(C)c1ccc(-c2c3ccc4cccnc4c3nc3c2ccc2cccnc23)cc1. The van der Waals surface area contributed by atoms with Gasteiger partial charge in [-0.25, -0.2) is 4.98 Å². The van der Waals surface area contributed by atoms with Gasteiger partial charge >= 0.3 is 0 Å². The first-order valence-electron chi connectivity index (χ1n) is 11.0. The molecule has 0 aliphatic carbocycles. The number of aromatic nitrogens is 3. The molecule has 3 aromatic heterocycles. The molecule has 0 spiro atoms. The third-order valence-corrected chi connectivity index (χ3v) is 6.30. The average molecular weight is 414 g/mol. The molecule has 0 radical (unpaired) electrons. The smallest absolute Gasteiger partial charge is 0.0979 e. The monoisotopic (exact) mass is 413 g/mol. The highest BCUT2D eigenvalue weighted by atomic mass is 14.8. The van der Waals surface area contributed by atoms with Gasteiger partial charge in [-0.15, -0.1) is 0 Å². The first kappa shape index (κ1) is 18.9. The quantitative estimate of drug-likeness (QED) is 0.207. The summed E-state index contributed by atoms with van der Waals surface area (Å²) in [4.78, 5) is 14.5. The second-order valence-corrected chi connectivity index (χ2v) is 9.39. The van der Waals surface area contributed by atoms with E-state index in [9.17, 15) is 0 Å². The molecule has 0 saturated heterocycles. The van der Waals surface area contributed by atoms with Crippen molar-refractivity contribution in [3.05, 3.63) is 90.8 Å². The molecule has 3 nitrogen and oxygen atoms in total. The lowest BCUT2D eigenvalue weighted by Gasteiger charge is -2.20. The summed E-state index contributed by atoms with van der Waals surface area (Å²) in [5.74, 6) is 0. The summed E-state index contributed by atoms with van der Waals surface area (Å²) in [5, 5.41) is 4.41. The molecule has 0 amide bonds. The van der Waals surface area contributed by atoms with Gasteiger partial charge in [0.1, 0.15) is 0 Å². The fraction of sp³-hybridized carbons (Fsp3) is 0.138. The van der Waals surface area contributed by atoms with Crippen molar-refractivity contribution in [2.24, 2.45) is 0 Å². The maximum absolute atomic E-state index is 5.15. The molecule has 0 aliphatic heterocycles. The van der Waals surface area contributed by atoms with E-state index < -0.39 is 0 Å². The van der Waals surface area contributed by atoms with E-state index in [1.807, 2.05) is 24.5 Å². The van der Waals surface area contributed by atoms with E-state index in [1.54, 1.807) is 0 Å². The lowest BCUT2D eigenvalue weighted by molar-refractivity contribution is 0.590. The van der Waals surface area contributed by atoms with Crippen LogP contribution in [0.4, 0.5) is 0 Å². The van der Waals surface area contributed by atoms with E-state index >= 15 is 0 Å². The molecule has 0 N–H and O–H groups in total. The molecule has 154 valence electrons. The van der Waals surface area contributed by atoms with E-state index in [0.717, 1.165) is 43.6 Å². The summed E-state index contributed by atoms with van der Waals surface area (Å²) in [5.41, 5.74) is 7.49. The molecular weight excluding hydrogens is 390 g/mol. The van der Waals surface area contributed by atoms with Gasteiger partial charge in [-0.2, -0.15) is 0 Å². The largest absolute Gasteiger partial charge is 0.254 e. The zero-order valence-electron chi connectivity index (χ0n) is 18.4. The molecule has 0 fully saturated rings. The average Bonchev–Trinajstić information content (AvgIpc) is 2.82. The van der Waals surface area contributed by atoms with E-state index in [1.165, 1.54) is 16.7 Å². The van der Waals surface area contributed by atoms with Crippen molar-refractivity contribution in [1.82, 2.24) is 15.0 Å². The molecule has 32 heavy (non-hydrogen) atoms. The molecule has 6 rings (SSSR count). The molecule has 3 heterocycles. The summed E-state index contributed by atoms with van der Waals surface area (Å²) in [7, 11) is 0. The normalized spacial score (nSPS) is 12.2. The van der Waals surface area contributed by atoms with Gasteiger partial charge in [-0.3, -0.25) is 9.97 Å². The maximum atomic E-state index is 5.15. The molecule has 0 aliphatic rings. The minimum atomic E-state index is 0.112. The number of hydrogen-bond acceptors (Lipinski definition) is 3. The van der Waals surface area contributed by atoms with Crippen molar-refractivity contribution in [1.29, 1.82) is 0 Å². The van der Waals surface area contributed by atoms with Crippen LogP contribution in [-0.2, 0) is 5.41 Å². The fourth-order valence-corrected chi connectivity index (χ4v) is 4.59. The molecule has 3 heteroatoms. The Morgan fingerprint density at radius 2 is 1.09 bits per heavy atom. The van der Waals surface area contributed by atoms with Crippen molar-refractivity contribution >= 4 is 43.6 Å². The van der Waals surface area contributed by atoms with Gasteiger partial charge in [-0.05, 0) is 28.7 Å². The zero-order valence-corrected chi connectivity index (χ0v) is 18.4. The van der Waals surface area contributed by atoms with Crippen molar-refractivity contribution < 1.29 is 0 Å². The van der Waals surface area contributed by atoms with Crippen LogP contribution in [0.5, 0.6) is 0 Å². The summed E-state index contributed by atoms with van der Waals surface area (Å²) in [6.45, 7) is 6.73. The fourth-order valence-electron chi connectivity index (χ4n) is 4.59. The van der Waals surface area contributed by atoms with Crippen molar-refractivity contribution in [2.45, 2.75) is 26.2 Å². The van der Waals surface area contributed by atoms with Crippen LogP contribution in [0.1, 0.15) is 26.3 Å². The highest BCUT2D eigenvalue weighted by molar-refractivity contribution is 6.19. The van der Waals surface area contributed by atoms with E-state index in [4.69, 9.17) is 15.0 Å². The van der Waals surface area contributed by atoms with Crippen LogP contribution in [0.15, 0.2) is 85.2 Å². The number of benzene rings is 3. The van der Waals surface area contributed by atoms with E-state index in [0.29, 0.717) is 0 Å². The molecule has 3 aromatic carbocycles. The van der Waals surface area contributed by atoms with Gasteiger partial charge < -0.3 is 0 Å². The first-order chi connectivity index (χ1) is 15.5. The Balaban J connectivity index is 1.79. The summed E-state index contributed by atoms with van der Waals surface area (Å²) >= 11 is 0. The molecule has 6 aromatic rings. The van der Waals surface area contributed by atoms with Crippen LogP contribution in [-0.4, -0.2) is 15.0 Å². The molecule has 0 bridgehead atoms. The van der Waals surface area contributed by atoms with E-state index in [-0.39, 0.29) is 5.41 Å². The minimum Gasteiger partial charge on any atom is -0.254 e. The Labute approximate surface area is 186 Å². The van der Waals surface area contributed by atoms with Crippen molar-refractivity contribution in [3.8, 4) is 11.1 Å². The molecule has 0 unspecified atom stereocenters. The third-order valence-electron chi connectivity index (χ3n) is 6.30. The Hall–Kier alpha value is -3.85.